The molecule has 1 fully saturated rings. The van der Waals surface area contributed by atoms with Crippen LogP contribution in [0.4, 0.5) is 0 Å². The molecule has 1 aromatic heterocycles. The number of thioether (sulfide) groups is 1. The topological polar surface area (TPSA) is 37.9 Å². The standard InChI is InChI=1S/C11H14N2OS2/c15-11-8-5-16-6-9(8)12-10(13-11)4-7-2-1-3-14-7/h7H,1-6H2,(H,12,13,15). The molecule has 16 heavy (non-hydrogen) atoms. The number of H-pyrrole nitrogens is 1. The summed E-state index contributed by atoms with van der Waals surface area (Å²) in [7, 11) is 0. The maximum absolute atomic E-state index is 5.62. The van der Waals surface area contributed by atoms with Gasteiger partial charge in [-0.2, -0.15) is 11.8 Å². The molecule has 0 saturated carbocycles. The lowest BCUT2D eigenvalue weighted by Crippen LogP contribution is -2.12. The van der Waals surface area contributed by atoms with Crippen LogP contribution in [0.5, 0.6) is 0 Å². The lowest BCUT2D eigenvalue weighted by Gasteiger charge is -2.09. The van der Waals surface area contributed by atoms with Crippen molar-refractivity contribution in [2.45, 2.75) is 36.9 Å². The van der Waals surface area contributed by atoms with E-state index in [1.54, 1.807) is 0 Å². The average Bonchev–Trinajstić information content (AvgIpc) is 2.87. The third kappa shape index (κ3) is 2.04. The van der Waals surface area contributed by atoms with Crippen molar-refractivity contribution in [1.82, 2.24) is 9.97 Å². The van der Waals surface area contributed by atoms with Crippen molar-refractivity contribution in [3.63, 3.8) is 0 Å². The minimum absolute atomic E-state index is 0.338. The second kappa shape index (κ2) is 4.47. The number of fused-ring (bicyclic) bond motifs is 1. The molecule has 3 nitrogen and oxygen atoms in total. The van der Waals surface area contributed by atoms with Gasteiger partial charge in [-0.1, -0.05) is 12.2 Å². The summed E-state index contributed by atoms with van der Waals surface area (Å²) in [6.45, 7) is 0.895. The van der Waals surface area contributed by atoms with E-state index < -0.39 is 0 Å². The number of nitrogens with one attached hydrogen (secondary N) is 1. The van der Waals surface area contributed by atoms with E-state index >= 15 is 0 Å². The van der Waals surface area contributed by atoms with Crippen LogP contribution >= 0.6 is 24.0 Å². The summed E-state index contributed by atoms with van der Waals surface area (Å²) < 4.78 is 6.40. The molecule has 2 aliphatic heterocycles. The van der Waals surface area contributed by atoms with Crippen molar-refractivity contribution in [3.8, 4) is 0 Å². The van der Waals surface area contributed by atoms with Crippen LogP contribution < -0.4 is 0 Å². The predicted molar refractivity (Wildman–Crippen MR) is 67.1 cm³/mol. The smallest absolute Gasteiger partial charge is 0.134 e. The normalized spacial score (nSPS) is 23.6. The fourth-order valence-electron chi connectivity index (χ4n) is 2.24. The molecule has 1 saturated heterocycles. The Bertz CT molecular complexity index is 452. The van der Waals surface area contributed by atoms with E-state index in [9.17, 15) is 0 Å². The van der Waals surface area contributed by atoms with E-state index in [-0.39, 0.29) is 0 Å². The highest BCUT2D eigenvalue weighted by atomic mass is 32.2. The lowest BCUT2D eigenvalue weighted by molar-refractivity contribution is 0.110. The minimum Gasteiger partial charge on any atom is -0.378 e. The highest BCUT2D eigenvalue weighted by Crippen LogP contribution is 2.29. The number of ether oxygens (including phenoxy) is 1. The van der Waals surface area contributed by atoms with E-state index in [1.807, 2.05) is 11.8 Å². The minimum atomic E-state index is 0.338. The molecule has 86 valence electrons. The van der Waals surface area contributed by atoms with Gasteiger partial charge in [0, 0.05) is 35.8 Å². The Kier molecular flexibility index (Phi) is 3.00. The van der Waals surface area contributed by atoms with Crippen molar-refractivity contribution < 1.29 is 4.74 Å². The molecular weight excluding hydrogens is 240 g/mol. The molecular formula is C11H14N2OS2. The van der Waals surface area contributed by atoms with Crippen molar-refractivity contribution in [1.29, 1.82) is 0 Å². The van der Waals surface area contributed by atoms with Crippen LogP contribution in [0.15, 0.2) is 0 Å². The largest absolute Gasteiger partial charge is 0.378 e. The summed E-state index contributed by atoms with van der Waals surface area (Å²) in [6.07, 6.45) is 3.53. The van der Waals surface area contributed by atoms with E-state index in [0.717, 1.165) is 41.4 Å². The average molecular weight is 254 g/mol. The van der Waals surface area contributed by atoms with Gasteiger partial charge in [0.25, 0.3) is 0 Å². The van der Waals surface area contributed by atoms with Crippen molar-refractivity contribution in [2.75, 3.05) is 6.61 Å². The fourth-order valence-corrected chi connectivity index (χ4v) is 3.71. The first-order valence-electron chi connectivity index (χ1n) is 5.63. The Morgan fingerprint density at radius 3 is 3.25 bits per heavy atom. The number of hydrogen-bond donors (Lipinski definition) is 1. The van der Waals surface area contributed by atoms with Crippen LogP contribution in [0.25, 0.3) is 0 Å². The van der Waals surface area contributed by atoms with Gasteiger partial charge in [0.05, 0.1) is 6.10 Å². The van der Waals surface area contributed by atoms with E-state index in [2.05, 4.69) is 9.97 Å². The third-order valence-corrected chi connectivity index (χ3v) is 4.42. The van der Waals surface area contributed by atoms with E-state index in [1.165, 1.54) is 17.7 Å². The molecule has 0 amide bonds. The zero-order valence-electron chi connectivity index (χ0n) is 8.99. The van der Waals surface area contributed by atoms with Crippen molar-refractivity contribution in [2.24, 2.45) is 0 Å². The number of nitrogens with zero attached hydrogens (tertiary/aromatic N) is 1. The number of rotatable bonds is 2. The van der Waals surface area contributed by atoms with Crippen LogP contribution in [0.2, 0.25) is 0 Å². The van der Waals surface area contributed by atoms with Gasteiger partial charge in [0.1, 0.15) is 10.5 Å². The van der Waals surface area contributed by atoms with Crippen molar-refractivity contribution in [3.05, 3.63) is 21.7 Å². The number of hydrogen-bond acceptors (Lipinski definition) is 4. The molecule has 1 aromatic rings. The maximum Gasteiger partial charge on any atom is 0.134 e. The Balaban J connectivity index is 1.85. The second-order valence-corrected chi connectivity index (χ2v) is 5.65. The number of aromatic nitrogens is 2. The molecule has 1 atom stereocenters. The van der Waals surface area contributed by atoms with Gasteiger partial charge in [0.15, 0.2) is 0 Å². The summed E-state index contributed by atoms with van der Waals surface area (Å²) in [5, 5.41) is 0. The monoisotopic (exact) mass is 254 g/mol. The number of aromatic amines is 1. The quantitative estimate of drug-likeness (QED) is 0.823. The summed E-state index contributed by atoms with van der Waals surface area (Å²) in [5.41, 5.74) is 2.51. The van der Waals surface area contributed by atoms with Gasteiger partial charge in [-0.05, 0) is 12.8 Å². The molecule has 1 N–H and O–H groups in total. The molecule has 3 rings (SSSR count). The molecule has 0 spiro atoms. The maximum atomic E-state index is 5.62. The fraction of sp³-hybridized carbons (Fsp3) is 0.636. The first-order valence-corrected chi connectivity index (χ1v) is 7.19. The van der Waals surface area contributed by atoms with Gasteiger partial charge < -0.3 is 9.72 Å². The first kappa shape index (κ1) is 10.7. The Morgan fingerprint density at radius 1 is 1.50 bits per heavy atom. The molecule has 2 aliphatic rings. The molecule has 0 bridgehead atoms. The van der Waals surface area contributed by atoms with Gasteiger partial charge >= 0.3 is 0 Å². The Labute approximate surface area is 104 Å². The summed E-state index contributed by atoms with van der Waals surface area (Å²) >= 11 is 7.22. The Morgan fingerprint density at radius 2 is 2.44 bits per heavy atom. The van der Waals surface area contributed by atoms with Crippen LogP contribution in [0.3, 0.4) is 0 Å². The van der Waals surface area contributed by atoms with Gasteiger partial charge in [-0.3, -0.25) is 0 Å². The van der Waals surface area contributed by atoms with Crippen LogP contribution in [0.1, 0.15) is 29.9 Å². The summed E-state index contributed by atoms with van der Waals surface area (Å²) in [4.78, 5) is 7.89. The zero-order valence-corrected chi connectivity index (χ0v) is 10.6. The SMILES string of the molecule is S=c1nc(CC2CCCO2)[nH]c2c1CSC2. The molecule has 0 aromatic carbocycles. The highest BCUT2D eigenvalue weighted by Gasteiger charge is 2.19. The lowest BCUT2D eigenvalue weighted by atomic mass is 10.1. The highest BCUT2D eigenvalue weighted by molar-refractivity contribution is 7.98. The third-order valence-electron chi connectivity index (χ3n) is 3.09. The predicted octanol–water partition coefficient (Wildman–Crippen LogP) is 2.61. The zero-order chi connectivity index (χ0) is 11.0. The van der Waals surface area contributed by atoms with Gasteiger partial charge in [-0.25, -0.2) is 4.98 Å². The van der Waals surface area contributed by atoms with Crippen LogP contribution in [-0.4, -0.2) is 22.7 Å². The summed E-state index contributed by atoms with van der Waals surface area (Å²) in [6, 6.07) is 0. The molecule has 5 heteroatoms. The first-order chi connectivity index (χ1) is 7.83. The van der Waals surface area contributed by atoms with Crippen molar-refractivity contribution >= 4 is 24.0 Å². The van der Waals surface area contributed by atoms with Crippen LogP contribution in [-0.2, 0) is 22.7 Å². The van der Waals surface area contributed by atoms with E-state index in [0.29, 0.717) is 6.10 Å². The molecule has 0 radical (unpaired) electrons. The Hall–Kier alpha value is -0.390. The van der Waals surface area contributed by atoms with E-state index in [4.69, 9.17) is 17.0 Å². The van der Waals surface area contributed by atoms with Gasteiger partial charge in [-0.15, -0.1) is 0 Å². The molecule has 0 aliphatic carbocycles. The van der Waals surface area contributed by atoms with Crippen LogP contribution in [0, 0.1) is 4.64 Å². The molecule has 1 unspecified atom stereocenters. The molecule has 3 heterocycles. The van der Waals surface area contributed by atoms with Gasteiger partial charge in [0.2, 0.25) is 0 Å². The second-order valence-electron chi connectivity index (χ2n) is 4.28. The summed E-state index contributed by atoms with van der Waals surface area (Å²) in [5.74, 6) is 3.05.